The molecule has 1 aliphatic rings. The van der Waals surface area contributed by atoms with Crippen LogP contribution in [0.5, 0.6) is 0 Å². The number of esters is 1. The third kappa shape index (κ3) is 2.70. The Kier molecular flexibility index (Phi) is 3.25. The van der Waals surface area contributed by atoms with Gasteiger partial charge in [0, 0.05) is 12.8 Å². The summed E-state index contributed by atoms with van der Waals surface area (Å²) in [5.74, 6) is -0.171. The lowest BCUT2D eigenvalue weighted by Gasteiger charge is -2.40. The van der Waals surface area contributed by atoms with Gasteiger partial charge in [0.1, 0.15) is 16.8 Å². The first-order chi connectivity index (χ1) is 8.73. The summed E-state index contributed by atoms with van der Waals surface area (Å²) in [6.07, 6.45) is 0.510. The van der Waals surface area contributed by atoms with Crippen LogP contribution in [0.4, 0.5) is 0 Å². The maximum atomic E-state index is 12.4. The number of ether oxygens (including phenoxy) is 1. The molecule has 0 amide bonds. The van der Waals surface area contributed by atoms with E-state index in [1.165, 1.54) is 0 Å². The molecule has 0 aliphatic heterocycles. The van der Waals surface area contributed by atoms with Crippen LogP contribution >= 0.6 is 0 Å². The van der Waals surface area contributed by atoms with Gasteiger partial charge in [0.05, 0.1) is 0 Å². The Bertz CT molecular complexity index is 498. The fourth-order valence-corrected chi connectivity index (χ4v) is 2.34. The summed E-state index contributed by atoms with van der Waals surface area (Å²) in [6.45, 7) is 7.52. The molecule has 0 spiro atoms. The van der Waals surface area contributed by atoms with Crippen LogP contribution in [-0.4, -0.2) is 17.4 Å². The van der Waals surface area contributed by atoms with Crippen LogP contribution in [0.2, 0.25) is 0 Å². The molecule has 0 radical (unpaired) electrons. The molecule has 1 fully saturated rings. The number of rotatable bonds is 2. The Morgan fingerprint density at radius 1 is 1.16 bits per heavy atom. The second kappa shape index (κ2) is 4.48. The first-order valence-corrected chi connectivity index (χ1v) is 6.55. The molecule has 2 rings (SSSR count). The summed E-state index contributed by atoms with van der Waals surface area (Å²) < 4.78 is 5.49. The summed E-state index contributed by atoms with van der Waals surface area (Å²) in [6, 6.07) is 7.77. The van der Waals surface area contributed by atoms with E-state index in [-0.39, 0.29) is 24.6 Å². The van der Waals surface area contributed by atoms with Crippen LogP contribution in [0.1, 0.15) is 44.7 Å². The van der Waals surface area contributed by atoms with Crippen molar-refractivity contribution in [3.8, 4) is 0 Å². The summed E-state index contributed by atoms with van der Waals surface area (Å²) in [5.41, 5.74) is 0.714. The zero-order valence-electron chi connectivity index (χ0n) is 11.9. The first-order valence-electron chi connectivity index (χ1n) is 6.55. The molecule has 0 N–H and O–H groups in total. The van der Waals surface area contributed by atoms with Crippen molar-refractivity contribution in [3.05, 3.63) is 35.4 Å². The van der Waals surface area contributed by atoms with E-state index in [1.807, 2.05) is 52.0 Å². The summed E-state index contributed by atoms with van der Waals surface area (Å²) >= 11 is 0. The molecule has 1 aliphatic carbocycles. The Balaban J connectivity index is 2.31. The zero-order valence-corrected chi connectivity index (χ0v) is 11.9. The van der Waals surface area contributed by atoms with E-state index in [1.54, 1.807) is 0 Å². The van der Waals surface area contributed by atoms with E-state index < -0.39 is 11.0 Å². The molecule has 0 aromatic heterocycles. The Morgan fingerprint density at radius 2 is 1.68 bits per heavy atom. The number of benzene rings is 1. The maximum absolute atomic E-state index is 12.4. The lowest BCUT2D eigenvalue weighted by Crippen LogP contribution is -2.51. The highest BCUT2D eigenvalue weighted by atomic mass is 16.6. The second-order valence-corrected chi connectivity index (χ2v) is 6.34. The summed E-state index contributed by atoms with van der Waals surface area (Å²) in [4.78, 5) is 23.8. The molecule has 0 atom stereocenters. The second-order valence-electron chi connectivity index (χ2n) is 6.34. The fraction of sp³-hybridized carbons (Fsp3) is 0.500. The number of hydrogen-bond acceptors (Lipinski definition) is 3. The molecule has 19 heavy (non-hydrogen) atoms. The predicted molar refractivity (Wildman–Crippen MR) is 72.9 cm³/mol. The van der Waals surface area contributed by atoms with E-state index in [0.29, 0.717) is 0 Å². The van der Waals surface area contributed by atoms with Crippen molar-refractivity contribution in [2.24, 2.45) is 0 Å². The van der Waals surface area contributed by atoms with Gasteiger partial charge in [-0.3, -0.25) is 9.59 Å². The third-order valence-corrected chi connectivity index (χ3v) is 3.39. The molecular formula is C16H20O3. The molecule has 1 aromatic carbocycles. The molecule has 102 valence electrons. The van der Waals surface area contributed by atoms with Gasteiger partial charge in [-0.25, -0.2) is 0 Å². The van der Waals surface area contributed by atoms with Crippen molar-refractivity contribution in [2.75, 3.05) is 0 Å². The van der Waals surface area contributed by atoms with Gasteiger partial charge in [-0.15, -0.1) is 0 Å². The number of hydrogen-bond donors (Lipinski definition) is 0. The molecule has 0 unspecified atom stereocenters. The molecule has 1 aromatic rings. The van der Waals surface area contributed by atoms with Gasteiger partial charge in [0.15, 0.2) is 0 Å². The van der Waals surface area contributed by atoms with Crippen LogP contribution in [0.15, 0.2) is 24.3 Å². The first kappa shape index (κ1) is 13.8. The number of carbonyl (C=O) groups excluding carboxylic acids is 2. The van der Waals surface area contributed by atoms with Gasteiger partial charge in [0.25, 0.3) is 0 Å². The summed E-state index contributed by atoms with van der Waals surface area (Å²) in [7, 11) is 0. The lowest BCUT2D eigenvalue weighted by atomic mass is 9.63. The average molecular weight is 260 g/mol. The van der Waals surface area contributed by atoms with E-state index in [4.69, 9.17) is 4.74 Å². The number of Topliss-reactive ketones (excluding diaryl/α,β-unsaturated/α-hetero) is 1. The standard InChI is InChI=1S/C16H20O3/c1-11-5-7-12(8-6-11)16(9-13(17)10-16)14(18)19-15(2,3)4/h5-8H,9-10H2,1-4H3. The van der Waals surface area contributed by atoms with Crippen LogP contribution in [-0.2, 0) is 19.7 Å². The van der Waals surface area contributed by atoms with Crippen LogP contribution < -0.4 is 0 Å². The highest BCUT2D eigenvalue weighted by Gasteiger charge is 2.53. The van der Waals surface area contributed by atoms with Crippen molar-refractivity contribution in [2.45, 2.75) is 51.6 Å². The number of carbonyl (C=O) groups is 2. The van der Waals surface area contributed by atoms with Crippen molar-refractivity contribution in [1.82, 2.24) is 0 Å². The van der Waals surface area contributed by atoms with Crippen molar-refractivity contribution in [1.29, 1.82) is 0 Å². The molecular weight excluding hydrogens is 240 g/mol. The largest absolute Gasteiger partial charge is 0.459 e. The molecule has 1 saturated carbocycles. The minimum Gasteiger partial charge on any atom is -0.459 e. The lowest BCUT2D eigenvalue weighted by molar-refractivity contribution is -0.169. The van der Waals surface area contributed by atoms with Crippen LogP contribution in [0.25, 0.3) is 0 Å². The molecule has 3 heteroatoms. The van der Waals surface area contributed by atoms with E-state index >= 15 is 0 Å². The fourth-order valence-electron chi connectivity index (χ4n) is 2.34. The van der Waals surface area contributed by atoms with Gasteiger partial charge in [-0.2, -0.15) is 0 Å². The van der Waals surface area contributed by atoms with E-state index in [2.05, 4.69) is 0 Å². The van der Waals surface area contributed by atoms with Gasteiger partial charge in [-0.05, 0) is 33.3 Å². The highest BCUT2D eigenvalue weighted by Crippen LogP contribution is 2.43. The van der Waals surface area contributed by atoms with Gasteiger partial charge in [0.2, 0.25) is 0 Å². The van der Waals surface area contributed by atoms with Gasteiger partial charge in [-0.1, -0.05) is 29.8 Å². The Hall–Kier alpha value is -1.64. The Labute approximate surface area is 114 Å². The molecule has 0 heterocycles. The summed E-state index contributed by atoms with van der Waals surface area (Å²) in [5, 5.41) is 0. The third-order valence-electron chi connectivity index (χ3n) is 3.39. The SMILES string of the molecule is Cc1ccc(C2(C(=O)OC(C)(C)C)CC(=O)C2)cc1. The predicted octanol–water partition coefficient (Wildman–Crippen LogP) is 2.94. The van der Waals surface area contributed by atoms with E-state index in [9.17, 15) is 9.59 Å². The molecule has 3 nitrogen and oxygen atoms in total. The van der Waals surface area contributed by atoms with Crippen molar-refractivity contribution < 1.29 is 14.3 Å². The Morgan fingerprint density at radius 3 is 2.11 bits per heavy atom. The van der Waals surface area contributed by atoms with E-state index in [0.717, 1.165) is 11.1 Å². The molecule has 0 saturated heterocycles. The molecule has 0 bridgehead atoms. The van der Waals surface area contributed by atoms with Gasteiger partial charge >= 0.3 is 5.97 Å². The van der Waals surface area contributed by atoms with Crippen LogP contribution in [0.3, 0.4) is 0 Å². The normalized spacial score (nSPS) is 17.8. The number of ketones is 1. The maximum Gasteiger partial charge on any atom is 0.317 e. The minimum atomic E-state index is -0.766. The smallest absolute Gasteiger partial charge is 0.317 e. The van der Waals surface area contributed by atoms with Gasteiger partial charge < -0.3 is 4.74 Å². The minimum absolute atomic E-state index is 0.117. The monoisotopic (exact) mass is 260 g/mol. The zero-order chi connectivity index (χ0) is 14.3. The number of aryl methyl sites for hydroxylation is 1. The highest BCUT2D eigenvalue weighted by molar-refractivity contribution is 6.02. The van der Waals surface area contributed by atoms with Crippen molar-refractivity contribution >= 4 is 11.8 Å². The topological polar surface area (TPSA) is 43.4 Å². The quantitative estimate of drug-likeness (QED) is 0.768. The van der Waals surface area contributed by atoms with Crippen LogP contribution in [0, 0.1) is 6.92 Å². The average Bonchev–Trinajstić information content (AvgIpc) is 2.23. The van der Waals surface area contributed by atoms with Crippen molar-refractivity contribution in [3.63, 3.8) is 0 Å².